The van der Waals surface area contributed by atoms with Gasteiger partial charge in [0.25, 0.3) is 0 Å². The Kier molecular flexibility index (Phi) is 3.07. The van der Waals surface area contributed by atoms with Crippen LogP contribution in [0.25, 0.3) is 11.0 Å². The monoisotopic (exact) mass is 288 g/mol. The van der Waals surface area contributed by atoms with E-state index in [2.05, 4.69) is 20.5 Å². The largest absolute Gasteiger partial charge is 0.457 e. The van der Waals surface area contributed by atoms with Crippen molar-refractivity contribution in [2.24, 2.45) is 5.10 Å². The van der Waals surface area contributed by atoms with Gasteiger partial charge in [-0.25, -0.2) is 4.98 Å². The second kappa shape index (κ2) is 5.21. The number of nitrogens with zero attached hydrogens (tertiary/aromatic N) is 5. The van der Waals surface area contributed by atoms with Crippen molar-refractivity contribution in [1.82, 2.24) is 14.9 Å². The van der Waals surface area contributed by atoms with Gasteiger partial charge in [-0.1, -0.05) is 0 Å². The highest BCUT2D eigenvalue weighted by Crippen LogP contribution is 2.24. The standard InChI is InChI=1S/C13H16N6O2/c1-4-14-13-11(7-15-19(13)18-9-21-8-16-18)12(1)17-10-2-5-20-6-3-10/h1,4,7-8,10H,2-3,5-6,9H2,(H,14,17). The van der Waals surface area contributed by atoms with E-state index in [0.717, 1.165) is 42.8 Å². The summed E-state index contributed by atoms with van der Waals surface area (Å²) in [5, 5.41) is 14.6. The Balaban J connectivity index is 1.65. The van der Waals surface area contributed by atoms with Crippen molar-refractivity contribution in [2.45, 2.75) is 18.9 Å². The van der Waals surface area contributed by atoms with E-state index in [4.69, 9.17) is 9.47 Å². The van der Waals surface area contributed by atoms with Crippen LogP contribution in [-0.4, -0.2) is 47.3 Å². The molecule has 2 aliphatic heterocycles. The second-order valence-corrected chi connectivity index (χ2v) is 5.05. The highest BCUT2D eigenvalue weighted by Gasteiger charge is 2.18. The molecule has 8 nitrogen and oxygen atoms in total. The average molecular weight is 288 g/mol. The molecule has 4 rings (SSSR count). The van der Waals surface area contributed by atoms with Crippen LogP contribution in [0, 0.1) is 0 Å². The van der Waals surface area contributed by atoms with Gasteiger partial charge < -0.3 is 14.8 Å². The summed E-state index contributed by atoms with van der Waals surface area (Å²) in [5.74, 6) is 0. The van der Waals surface area contributed by atoms with Crippen LogP contribution >= 0.6 is 0 Å². The SMILES string of the molecule is C1=NN(n2ncc3c(NC4CCOCC4)ccnc32)CO1. The van der Waals surface area contributed by atoms with Gasteiger partial charge in [-0.15, -0.1) is 15.0 Å². The first-order valence-corrected chi connectivity index (χ1v) is 7.01. The fourth-order valence-corrected chi connectivity index (χ4v) is 2.60. The zero-order chi connectivity index (χ0) is 14.1. The minimum Gasteiger partial charge on any atom is -0.457 e. The van der Waals surface area contributed by atoms with Crippen LogP contribution in [0.3, 0.4) is 0 Å². The van der Waals surface area contributed by atoms with Crippen molar-refractivity contribution in [1.29, 1.82) is 0 Å². The van der Waals surface area contributed by atoms with Gasteiger partial charge >= 0.3 is 0 Å². The number of rotatable bonds is 3. The molecule has 1 fully saturated rings. The zero-order valence-corrected chi connectivity index (χ0v) is 11.5. The number of hydrogen-bond donors (Lipinski definition) is 1. The molecule has 4 heterocycles. The van der Waals surface area contributed by atoms with Crippen molar-refractivity contribution in [3.8, 4) is 0 Å². The van der Waals surface area contributed by atoms with Gasteiger partial charge in [-0.05, 0) is 18.9 Å². The van der Waals surface area contributed by atoms with Crippen LogP contribution in [0.2, 0.25) is 0 Å². The molecule has 1 saturated heterocycles. The Morgan fingerprint density at radius 1 is 1.29 bits per heavy atom. The third-order valence-electron chi connectivity index (χ3n) is 3.70. The third kappa shape index (κ3) is 2.27. The molecule has 0 unspecified atom stereocenters. The van der Waals surface area contributed by atoms with Gasteiger partial charge in [0.05, 0.1) is 11.6 Å². The second-order valence-electron chi connectivity index (χ2n) is 5.05. The molecule has 1 N–H and O–H groups in total. The summed E-state index contributed by atoms with van der Waals surface area (Å²) in [6.07, 6.45) is 7.02. The minimum absolute atomic E-state index is 0.343. The summed E-state index contributed by atoms with van der Waals surface area (Å²) in [6.45, 7) is 1.96. The third-order valence-corrected chi connectivity index (χ3v) is 3.70. The topological polar surface area (TPSA) is 76.8 Å². The normalized spacial score (nSPS) is 19.1. The molecule has 2 aliphatic rings. The lowest BCUT2D eigenvalue weighted by Crippen LogP contribution is -2.29. The Morgan fingerprint density at radius 3 is 3.00 bits per heavy atom. The number of hydrazone groups is 1. The predicted octanol–water partition coefficient (Wildman–Crippen LogP) is 0.891. The summed E-state index contributed by atoms with van der Waals surface area (Å²) in [4.78, 5) is 6.05. The molecule has 0 bridgehead atoms. The van der Waals surface area contributed by atoms with Crippen molar-refractivity contribution >= 4 is 23.1 Å². The van der Waals surface area contributed by atoms with Crippen molar-refractivity contribution < 1.29 is 9.47 Å². The summed E-state index contributed by atoms with van der Waals surface area (Å²) in [6, 6.07) is 2.41. The molecule has 0 amide bonds. The predicted molar refractivity (Wildman–Crippen MR) is 77.7 cm³/mol. The average Bonchev–Trinajstić information content (AvgIpc) is 3.17. The fraction of sp³-hybridized carbons (Fsp3) is 0.462. The van der Waals surface area contributed by atoms with Gasteiger partial charge in [0.1, 0.15) is 0 Å². The molecule has 0 aromatic carbocycles. The molecule has 21 heavy (non-hydrogen) atoms. The van der Waals surface area contributed by atoms with Crippen molar-refractivity contribution in [2.75, 3.05) is 30.4 Å². The van der Waals surface area contributed by atoms with E-state index in [1.807, 2.05) is 6.07 Å². The Hall–Kier alpha value is -2.35. The number of aromatic nitrogens is 3. The van der Waals surface area contributed by atoms with Gasteiger partial charge in [0, 0.05) is 31.1 Å². The molecule has 2 aromatic rings. The number of anilines is 1. The van der Waals surface area contributed by atoms with Crippen LogP contribution in [-0.2, 0) is 9.47 Å². The quantitative estimate of drug-likeness (QED) is 0.904. The minimum atomic E-state index is 0.343. The van der Waals surface area contributed by atoms with E-state index < -0.39 is 0 Å². The summed E-state index contributed by atoms with van der Waals surface area (Å²) >= 11 is 0. The van der Waals surface area contributed by atoms with Crippen LogP contribution in [0.5, 0.6) is 0 Å². The fourth-order valence-electron chi connectivity index (χ4n) is 2.60. The summed E-state index contributed by atoms with van der Waals surface area (Å²) in [7, 11) is 0. The molecule has 0 saturated carbocycles. The molecule has 110 valence electrons. The van der Waals surface area contributed by atoms with Gasteiger partial charge in [-0.3, -0.25) is 0 Å². The maximum Gasteiger partial charge on any atom is 0.200 e. The Morgan fingerprint density at radius 2 is 2.19 bits per heavy atom. The highest BCUT2D eigenvalue weighted by molar-refractivity contribution is 5.88. The first-order chi connectivity index (χ1) is 10.4. The molecule has 0 radical (unpaired) electrons. The smallest absolute Gasteiger partial charge is 0.200 e. The number of hydrogen-bond acceptors (Lipinski definition) is 7. The lowest BCUT2D eigenvalue weighted by Gasteiger charge is -2.24. The van der Waals surface area contributed by atoms with E-state index in [-0.39, 0.29) is 0 Å². The molecule has 2 aromatic heterocycles. The molecular formula is C13H16N6O2. The number of nitrogens with one attached hydrogen (secondary N) is 1. The van der Waals surface area contributed by atoms with Crippen LogP contribution in [0.15, 0.2) is 23.6 Å². The van der Waals surface area contributed by atoms with Crippen molar-refractivity contribution in [3.05, 3.63) is 18.5 Å². The number of ether oxygens (including phenoxy) is 2. The van der Waals surface area contributed by atoms with Gasteiger partial charge in [0.2, 0.25) is 6.73 Å². The van der Waals surface area contributed by atoms with E-state index >= 15 is 0 Å². The lowest BCUT2D eigenvalue weighted by molar-refractivity contribution is 0.0905. The Bertz CT molecular complexity index is 664. The molecular weight excluding hydrogens is 272 g/mol. The highest BCUT2D eigenvalue weighted by atomic mass is 16.5. The lowest BCUT2D eigenvalue weighted by atomic mass is 10.1. The molecule has 0 atom stereocenters. The maximum absolute atomic E-state index is 5.39. The van der Waals surface area contributed by atoms with Crippen LogP contribution in [0.1, 0.15) is 12.8 Å². The number of pyridine rings is 1. The van der Waals surface area contributed by atoms with E-state index in [1.165, 1.54) is 6.40 Å². The molecule has 0 aliphatic carbocycles. The van der Waals surface area contributed by atoms with Crippen LogP contribution in [0.4, 0.5) is 5.69 Å². The van der Waals surface area contributed by atoms with Crippen LogP contribution < -0.4 is 10.4 Å². The van der Waals surface area contributed by atoms with Gasteiger partial charge in [-0.2, -0.15) is 5.10 Å². The van der Waals surface area contributed by atoms with Gasteiger partial charge in [0.15, 0.2) is 12.0 Å². The van der Waals surface area contributed by atoms with E-state index in [1.54, 1.807) is 22.3 Å². The first kappa shape index (κ1) is 12.4. The Labute approximate surface area is 121 Å². The van der Waals surface area contributed by atoms with E-state index in [9.17, 15) is 0 Å². The zero-order valence-electron chi connectivity index (χ0n) is 11.5. The first-order valence-electron chi connectivity index (χ1n) is 7.01. The van der Waals surface area contributed by atoms with E-state index in [0.29, 0.717) is 12.8 Å². The summed E-state index contributed by atoms with van der Waals surface area (Å²) < 4.78 is 10.5. The molecule has 0 spiro atoms. The number of fused-ring (bicyclic) bond motifs is 1. The maximum atomic E-state index is 5.39. The molecule has 8 heteroatoms. The summed E-state index contributed by atoms with van der Waals surface area (Å²) in [5.41, 5.74) is 1.80. The van der Waals surface area contributed by atoms with Crippen molar-refractivity contribution in [3.63, 3.8) is 0 Å².